The molecule has 0 aliphatic rings. The lowest BCUT2D eigenvalue weighted by Gasteiger charge is -2.01. The lowest BCUT2D eigenvalue weighted by molar-refractivity contribution is 0.616. The number of hydrogen-bond donors (Lipinski definition) is 0. The summed E-state index contributed by atoms with van der Waals surface area (Å²) in [4.78, 5) is 4.73. The average molecular weight is 379 g/mol. The molecule has 0 aliphatic carbocycles. The molecule has 3 aromatic carbocycles. The Morgan fingerprint density at radius 3 is 2.45 bits per heavy atom. The van der Waals surface area contributed by atoms with Crippen molar-refractivity contribution in [2.45, 2.75) is 0 Å². The number of halogens is 1. The number of pyridine rings is 1. The molecule has 0 N–H and O–H groups in total. The average Bonchev–Trinajstić information content (AvgIpc) is 3.35. The Morgan fingerprint density at radius 2 is 1.55 bits per heavy atom. The van der Waals surface area contributed by atoms with Crippen LogP contribution < -0.4 is 0 Å². The predicted octanol–water partition coefficient (Wildman–Crippen LogP) is 7.20. The highest BCUT2D eigenvalue weighted by molar-refractivity contribution is 6.09. The Kier molecular flexibility index (Phi) is 3.35. The highest BCUT2D eigenvalue weighted by atomic mass is 19.1. The van der Waals surface area contributed by atoms with Gasteiger partial charge in [-0.15, -0.1) is 0 Å². The van der Waals surface area contributed by atoms with Crippen LogP contribution in [0.4, 0.5) is 4.39 Å². The second-order valence-corrected chi connectivity index (χ2v) is 6.99. The Bertz CT molecular complexity index is 1510. The SMILES string of the molecule is Fc1ccc(-c2cc3ccc(-c4cccc5c4oc4ccccc45)nc3o2)cc1. The van der Waals surface area contributed by atoms with Gasteiger partial charge in [-0.3, -0.25) is 0 Å². The van der Waals surface area contributed by atoms with Gasteiger partial charge in [-0.1, -0.05) is 30.3 Å². The molecule has 0 saturated heterocycles. The highest BCUT2D eigenvalue weighted by Gasteiger charge is 2.14. The van der Waals surface area contributed by atoms with Crippen LogP contribution in [0.1, 0.15) is 0 Å². The van der Waals surface area contributed by atoms with Crippen molar-refractivity contribution in [3.05, 3.63) is 90.7 Å². The first kappa shape index (κ1) is 16.1. The maximum absolute atomic E-state index is 13.2. The Labute approximate surface area is 165 Å². The van der Waals surface area contributed by atoms with Crippen molar-refractivity contribution >= 4 is 33.0 Å². The monoisotopic (exact) mass is 379 g/mol. The molecule has 0 saturated carbocycles. The van der Waals surface area contributed by atoms with Crippen molar-refractivity contribution < 1.29 is 13.2 Å². The van der Waals surface area contributed by atoms with Crippen molar-refractivity contribution in [3.8, 4) is 22.6 Å². The van der Waals surface area contributed by atoms with E-state index >= 15 is 0 Å². The van der Waals surface area contributed by atoms with Gasteiger partial charge in [-0.05, 0) is 54.6 Å². The zero-order chi connectivity index (χ0) is 19.4. The molecular formula is C25H14FNO2. The van der Waals surface area contributed by atoms with Gasteiger partial charge in [0, 0.05) is 27.3 Å². The van der Waals surface area contributed by atoms with Crippen molar-refractivity contribution in [1.29, 1.82) is 0 Å². The minimum Gasteiger partial charge on any atom is -0.455 e. The minimum atomic E-state index is -0.274. The summed E-state index contributed by atoms with van der Waals surface area (Å²) in [6.07, 6.45) is 0. The normalized spacial score (nSPS) is 11.6. The minimum absolute atomic E-state index is 0.274. The molecule has 3 heterocycles. The molecule has 0 unspecified atom stereocenters. The van der Waals surface area contributed by atoms with E-state index in [1.165, 1.54) is 12.1 Å². The number of aromatic nitrogens is 1. The first-order valence-electron chi connectivity index (χ1n) is 9.33. The third kappa shape index (κ3) is 2.53. The maximum Gasteiger partial charge on any atom is 0.227 e. The molecule has 6 aromatic rings. The summed E-state index contributed by atoms with van der Waals surface area (Å²) in [7, 11) is 0. The van der Waals surface area contributed by atoms with Gasteiger partial charge in [0.2, 0.25) is 5.71 Å². The van der Waals surface area contributed by atoms with Crippen molar-refractivity contribution in [2.75, 3.05) is 0 Å². The maximum atomic E-state index is 13.2. The summed E-state index contributed by atoms with van der Waals surface area (Å²) < 4.78 is 25.3. The van der Waals surface area contributed by atoms with Crippen LogP contribution in [0.5, 0.6) is 0 Å². The summed E-state index contributed by atoms with van der Waals surface area (Å²) in [6, 6.07) is 26.2. The van der Waals surface area contributed by atoms with Crippen LogP contribution in [-0.2, 0) is 0 Å². The molecule has 0 atom stereocenters. The molecule has 4 heteroatoms. The van der Waals surface area contributed by atoms with Crippen LogP contribution in [-0.4, -0.2) is 4.98 Å². The van der Waals surface area contributed by atoms with E-state index in [2.05, 4.69) is 12.1 Å². The molecule has 3 nitrogen and oxygen atoms in total. The number of para-hydroxylation sites is 2. The molecule has 6 rings (SSSR count). The Balaban J connectivity index is 1.52. The molecule has 0 aliphatic heterocycles. The van der Waals surface area contributed by atoms with Crippen LogP contribution >= 0.6 is 0 Å². The number of benzene rings is 3. The summed E-state index contributed by atoms with van der Waals surface area (Å²) in [5.74, 6) is 0.385. The number of nitrogens with zero attached hydrogens (tertiary/aromatic N) is 1. The fourth-order valence-electron chi connectivity index (χ4n) is 3.77. The molecule has 0 spiro atoms. The largest absolute Gasteiger partial charge is 0.455 e. The van der Waals surface area contributed by atoms with Crippen LogP contribution in [0, 0.1) is 5.82 Å². The standard InChI is InChI=1S/C25H14FNO2/c26-17-11-8-15(9-12-17)23-14-16-10-13-21(27-25(16)29-23)20-6-3-5-19-18-4-1-2-7-22(18)28-24(19)20/h1-14H. The first-order valence-corrected chi connectivity index (χ1v) is 9.33. The molecule has 3 aromatic heterocycles. The summed E-state index contributed by atoms with van der Waals surface area (Å²) in [5, 5.41) is 3.04. The summed E-state index contributed by atoms with van der Waals surface area (Å²) in [6.45, 7) is 0. The smallest absolute Gasteiger partial charge is 0.227 e. The number of rotatable bonds is 2. The van der Waals surface area contributed by atoms with Crippen molar-refractivity contribution in [3.63, 3.8) is 0 Å². The van der Waals surface area contributed by atoms with Gasteiger partial charge in [-0.2, -0.15) is 0 Å². The molecule has 0 fully saturated rings. The van der Waals surface area contributed by atoms with Gasteiger partial charge >= 0.3 is 0 Å². The number of fused-ring (bicyclic) bond motifs is 4. The molecule has 29 heavy (non-hydrogen) atoms. The third-order valence-corrected chi connectivity index (χ3v) is 5.19. The van der Waals surface area contributed by atoms with Gasteiger partial charge in [0.05, 0.1) is 5.69 Å². The van der Waals surface area contributed by atoms with E-state index in [1.807, 2.05) is 48.5 Å². The molecule has 0 amide bonds. The van der Waals surface area contributed by atoms with Gasteiger partial charge in [-0.25, -0.2) is 9.37 Å². The van der Waals surface area contributed by atoms with Crippen LogP contribution in [0.15, 0.2) is 93.8 Å². The van der Waals surface area contributed by atoms with E-state index in [4.69, 9.17) is 13.8 Å². The molecular weight excluding hydrogens is 365 g/mol. The highest BCUT2D eigenvalue weighted by Crippen LogP contribution is 2.36. The van der Waals surface area contributed by atoms with Gasteiger partial charge in [0.15, 0.2) is 0 Å². The van der Waals surface area contributed by atoms with E-state index in [0.717, 1.165) is 44.1 Å². The number of hydrogen-bond acceptors (Lipinski definition) is 3. The lowest BCUT2D eigenvalue weighted by atomic mass is 10.1. The van der Waals surface area contributed by atoms with Gasteiger partial charge in [0.25, 0.3) is 0 Å². The van der Waals surface area contributed by atoms with Crippen molar-refractivity contribution in [1.82, 2.24) is 4.98 Å². The second-order valence-electron chi connectivity index (χ2n) is 6.99. The molecule has 0 radical (unpaired) electrons. The molecule has 0 bridgehead atoms. The first-order chi connectivity index (χ1) is 14.3. The van der Waals surface area contributed by atoms with Crippen molar-refractivity contribution in [2.24, 2.45) is 0 Å². The number of furan rings is 2. The quantitative estimate of drug-likeness (QED) is 0.319. The summed E-state index contributed by atoms with van der Waals surface area (Å²) >= 11 is 0. The van der Waals surface area contributed by atoms with E-state index in [0.29, 0.717) is 11.5 Å². The third-order valence-electron chi connectivity index (χ3n) is 5.19. The van der Waals surface area contributed by atoms with E-state index in [9.17, 15) is 4.39 Å². The van der Waals surface area contributed by atoms with E-state index in [1.54, 1.807) is 12.1 Å². The zero-order valence-corrected chi connectivity index (χ0v) is 15.2. The zero-order valence-electron chi connectivity index (χ0n) is 15.2. The lowest BCUT2D eigenvalue weighted by Crippen LogP contribution is -1.83. The fourth-order valence-corrected chi connectivity index (χ4v) is 3.77. The van der Waals surface area contributed by atoms with Crippen LogP contribution in [0.2, 0.25) is 0 Å². The van der Waals surface area contributed by atoms with Crippen LogP contribution in [0.25, 0.3) is 55.6 Å². The Morgan fingerprint density at radius 1 is 0.724 bits per heavy atom. The fraction of sp³-hybridized carbons (Fsp3) is 0. The van der Waals surface area contributed by atoms with Crippen LogP contribution in [0.3, 0.4) is 0 Å². The molecule has 138 valence electrons. The van der Waals surface area contributed by atoms with Gasteiger partial charge in [0.1, 0.15) is 22.7 Å². The summed E-state index contributed by atoms with van der Waals surface area (Å²) in [5.41, 5.74) is 4.71. The van der Waals surface area contributed by atoms with E-state index < -0.39 is 0 Å². The van der Waals surface area contributed by atoms with E-state index in [-0.39, 0.29) is 5.82 Å². The predicted molar refractivity (Wildman–Crippen MR) is 112 cm³/mol. The van der Waals surface area contributed by atoms with Gasteiger partial charge < -0.3 is 8.83 Å². The topological polar surface area (TPSA) is 39.2 Å². The Hall–Kier alpha value is -3.92. The second kappa shape index (κ2) is 6.04.